The summed E-state index contributed by atoms with van der Waals surface area (Å²) in [6, 6.07) is 0. The van der Waals surface area contributed by atoms with Crippen molar-refractivity contribution < 1.29 is 17.1 Å². The van der Waals surface area contributed by atoms with Crippen molar-refractivity contribution in [2.75, 3.05) is 7.18 Å². The Hall–Kier alpha value is -0.180. The summed E-state index contributed by atoms with van der Waals surface area (Å²) in [5, 5.41) is 0. The second kappa shape index (κ2) is 10.7. The summed E-state index contributed by atoms with van der Waals surface area (Å²) in [5.74, 6) is 4.91. The van der Waals surface area contributed by atoms with Gasteiger partial charge < -0.3 is 5.48 Å². The van der Waals surface area contributed by atoms with E-state index in [4.69, 9.17) is 0 Å². The van der Waals surface area contributed by atoms with Crippen LogP contribution in [0.3, 0.4) is 0 Å². The summed E-state index contributed by atoms with van der Waals surface area (Å²) in [6.07, 6.45) is 14.4. The average Bonchev–Trinajstić information content (AvgIpc) is 2.60. The van der Waals surface area contributed by atoms with Crippen LogP contribution in [-0.4, -0.2) is 18.8 Å². The van der Waals surface area contributed by atoms with Gasteiger partial charge in [0, 0.05) is 2.85 Å². The zero-order chi connectivity index (χ0) is 16.8. The molecule has 0 saturated heterocycles. The second-order valence-corrected chi connectivity index (χ2v) is 8.76. The predicted octanol–water partition coefficient (Wildman–Crippen LogP) is 6.65. The molecule has 1 nitrogen and oxygen atoms in total. The maximum atomic E-state index is 14.0. The zero-order valence-corrected chi connectivity index (χ0v) is 16.1. The molecule has 3 aliphatic rings. The summed E-state index contributed by atoms with van der Waals surface area (Å²) >= 11 is 0. The van der Waals surface area contributed by atoms with E-state index in [-0.39, 0.29) is 8.33 Å². The van der Waals surface area contributed by atoms with Gasteiger partial charge in [-0.1, -0.05) is 26.7 Å². The molecule has 3 unspecified atom stereocenters. The minimum absolute atomic E-state index is 0. The largest absolute Gasteiger partial charge is 0.412 e. The van der Waals surface area contributed by atoms with E-state index >= 15 is 0 Å². The van der Waals surface area contributed by atoms with Crippen molar-refractivity contribution in [3.63, 3.8) is 0 Å². The van der Waals surface area contributed by atoms with Gasteiger partial charge in [0.1, 0.15) is 6.17 Å². The van der Waals surface area contributed by atoms with Crippen LogP contribution < -0.4 is 0 Å². The van der Waals surface area contributed by atoms with Gasteiger partial charge in [0.25, 0.3) is 0 Å². The SMILES string of the molecule is CC1CCC(C2CCC(C3CCC(C)C(F)C3)CC2)CC1.CF.O.[HH].[HH]. The molecule has 0 bridgehead atoms. The van der Waals surface area contributed by atoms with Crippen LogP contribution in [0.5, 0.6) is 0 Å². The molecule has 24 heavy (non-hydrogen) atoms. The van der Waals surface area contributed by atoms with Crippen molar-refractivity contribution in [3.8, 4) is 0 Å². The van der Waals surface area contributed by atoms with Crippen molar-refractivity contribution in [3.05, 3.63) is 0 Å². The molecule has 3 aliphatic carbocycles. The van der Waals surface area contributed by atoms with Gasteiger partial charge in [-0.15, -0.1) is 0 Å². The van der Waals surface area contributed by atoms with Crippen LogP contribution in [0.1, 0.15) is 87.3 Å². The van der Waals surface area contributed by atoms with Crippen molar-refractivity contribution in [1.82, 2.24) is 0 Å². The highest BCUT2D eigenvalue weighted by atomic mass is 19.1. The van der Waals surface area contributed by atoms with Gasteiger partial charge in [0.2, 0.25) is 0 Å². The van der Waals surface area contributed by atoms with Crippen LogP contribution in [-0.2, 0) is 0 Å². The first-order valence-corrected chi connectivity index (χ1v) is 10.1. The molecule has 0 amide bonds. The summed E-state index contributed by atoms with van der Waals surface area (Å²) in [7, 11) is 0.500. The molecular weight excluding hydrogens is 306 g/mol. The molecule has 0 aromatic rings. The molecule has 0 aliphatic heterocycles. The fourth-order valence-electron chi connectivity index (χ4n) is 5.57. The topological polar surface area (TPSA) is 31.5 Å². The highest BCUT2D eigenvalue weighted by molar-refractivity contribution is 4.87. The Labute approximate surface area is 151 Å². The number of hydrogen-bond donors (Lipinski definition) is 0. The molecule has 3 heteroatoms. The van der Waals surface area contributed by atoms with Crippen LogP contribution in [0, 0.1) is 35.5 Å². The van der Waals surface area contributed by atoms with Crippen molar-refractivity contribution in [2.24, 2.45) is 35.5 Å². The van der Waals surface area contributed by atoms with Gasteiger partial charge in [-0.05, 0) is 93.3 Å². The van der Waals surface area contributed by atoms with Gasteiger partial charge in [-0.25, -0.2) is 4.39 Å². The Balaban J connectivity index is 0. The van der Waals surface area contributed by atoms with Crippen LogP contribution in [0.15, 0.2) is 0 Å². The number of hydrogen-bond acceptors (Lipinski definition) is 0. The second-order valence-electron chi connectivity index (χ2n) is 8.76. The van der Waals surface area contributed by atoms with E-state index in [1.54, 1.807) is 0 Å². The van der Waals surface area contributed by atoms with Crippen LogP contribution in [0.2, 0.25) is 0 Å². The monoisotopic (exact) mass is 350 g/mol. The lowest BCUT2D eigenvalue weighted by atomic mass is 9.65. The molecule has 2 N–H and O–H groups in total. The van der Waals surface area contributed by atoms with E-state index in [0.717, 1.165) is 36.5 Å². The maximum Gasteiger partial charge on any atom is 0.103 e. The molecule has 3 atom stereocenters. The van der Waals surface area contributed by atoms with E-state index in [9.17, 15) is 8.78 Å². The summed E-state index contributed by atoms with van der Waals surface area (Å²) in [6.45, 7) is 4.52. The van der Waals surface area contributed by atoms with Gasteiger partial charge in [-0.3, -0.25) is 4.39 Å². The first kappa shape index (κ1) is 21.9. The van der Waals surface area contributed by atoms with Crippen LogP contribution in [0.25, 0.3) is 0 Å². The average molecular weight is 351 g/mol. The Bertz CT molecular complexity index is 330. The van der Waals surface area contributed by atoms with Crippen molar-refractivity contribution in [2.45, 2.75) is 90.6 Å². The lowest BCUT2D eigenvalue weighted by Crippen LogP contribution is -2.32. The number of rotatable bonds is 2. The van der Waals surface area contributed by atoms with Gasteiger partial charge in [0.15, 0.2) is 0 Å². The zero-order valence-electron chi connectivity index (χ0n) is 16.1. The molecule has 3 fully saturated rings. The summed E-state index contributed by atoms with van der Waals surface area (Å²) in [5.41, 5.74) is 0. The fourth-order valence-corrected chi connectivity index (χ4v) is 5.57. The van der Waals surface area contributed by atoms with E-state index in [1.165, 1.54) is 57.8 Å². The Morgan fingerprint density at radius 3 is 1.46 bits per heavy atom. The highest BCUT2D eigenvalue weighted by Crippen LogP contribution is 2.46. The van der Waals surface area contributed by atoms with Crippen LogP contribution in [0.4, 0.5) is 8.78 Å². The van der Waals surface area contributed by atoms with Gasteiger partial charge >= 0.3 is 0 Å². The third kappa shape index (κ3) is 5.68. The predicted molar refractivity (Wildman–Crippen MR) is 103 cm³/mol. The third-order valence-electron chi connectivity index (χ3n) is 7.35. The molecule has 0 heterocycles. The minimum atomic E-state index is -0.513. The molecule has 0 spiro atoms. The maximum absolute atomic E-state index is 14.0. The summed E-state index contributed by atoms with van der Waals surface area (Å²) in [4.78, 5) is 0. The first-order valence-electron chi connectivity index (χ1n) is 10.1. The van der Waals surface area contributed by atoms with E-state index in [2.05, 4.69) is 13.8 Å². The van der Waals surface area contributed by atoms with E-state index in [1.807, 2.05) is 0 Å². The molecule has 0 aromatic carbocycles. The van der Waals surface area contributed by atoms with Gasteiger partial charge in [0.05, 0.1) is 7.18 Å². The molecular formula is C21H44F2O. The molecule has 3 rings (SSSR count). The lowest BCUT2D eigenvalue weighted by molar-refractivity contribution is 0.0700. The van der Waals surface area contributed by atoms with Crippen LogP contribution >= 0.6 is 0 Å². The molecule has 0 aromatic heterocycles. The minimum Gasteiger partial charge on any atom is -0.412 e. The quantitative estimate of drug-likeness (QED) is 0.534. The van der Waals surface area contributed by atoms with E-state index < -0.39 is 6.17 Å². The molecule has 148 valence electrons. The summed E-state index contributed by atoms with van der Waals surface area (Å²) < 4.78 is 23.5. The van der Waals surface area contributed by atoms with Gasteiger partial charge in [-0.2, -0.15) is 0 Å². The lowest BCUT2D eigenvalue weighted by Gasteiger charge is -2.41. The fraction of sp³-hybridized carbons (Fsp3) is 1.00. The Morgan fingerprint density at radius 2 is 1.00 bits per heavy atom. The Morgan fingerprint density at radius 1 is 0.625 bits per heavy atom. The number of alkyl halides is 2. The number of halogens is 2. The van der Waals surface area contributed by atoms with Crippen molar-refractivity contribution >= 4 is 0 Å². The normalized spacial score (nSPS) is 43.1. The van der Waals surface area contributed by atoms with Crippen molar-refractivity contribution in [1.29, 1.82) is 0 Å². The smallest absolute Gasteiger partial charge is 0.103 e. The standard InChI is InChI=1S/C20H35F.CH3F.H2O.2H2/c1-14-3-6-16(7-4-14)17-9-11-18(12-10-17)19-8-5-15(2)20(21)13-19;1-2;;;/h14-20H,3-13H2,1-2H3;1H3;1H2;2*1H. The third-order valence-corrected chi connectivity index (χ3v) is 7.35. The highest BCUT2D eigenvalue weighted by Gasteiger charge is 2.36. The Kier molecular flexibility index (Phi) is 9.77. The molecule has 3 saturated carbocycles. The first-order chi connectivity index (χ1) is 11.1. The van der Waals surface area contributed by atoms with E-state index in [0.29, 0.717) is 19.0 Å². The molecule has 0 radical (unpaired) electrons.